The molecule has 0 aliphatic carbocycles. The lowest BCUT2D eigenvalue weighted by atomic mass is 9.72. The largest absolute Gasteiger partial charge is 0.366 e. The van der Waals surface area contributed by atoms with Crippen molar-refractivity contribution in [3.05, 3.63) is 34.9 Å². The number of nitrogens with two attached hydrogens (primary N) is 2. The topological polar surface area (TPSA) is 72.4 Å². The zero-order chi connectivity index (χ0) is 13.6. The number of fused-ring (bicyclic) bond motifs is 3. The van der Waals surface area contributed by atoms with E-state index in [1.165, 1.54) is 18.4 Å². The Morgan fingerprint density at radius 1 is 1.32 bits per heavy atom. The summed E-state index contributed by atoms with van der Waals surface area (Å²) in [4.78, 5) is 13.8. The number of piperidine rings is 3. The first-order chi connectivity index (χ1) is 9.09. The Balaban J connectivity index is 2.02. The van der Waals surface area contributed by atoms with Gasteiger partial charge in [-0.3, -0.25) is 9.69 Å². The average molecular weight is 259 g/mol. The van der Waals surface area contributed by atoms with Gasteiger partial charge in [-0.1, -0.05) is 12.1 Å². The van der Waals surface area contributed by atoms with Crippen molar-refractivity contribution in [2.24, 2.45) is 17.4 Å². The molecule has 3 aliphatic rings. The van der Waals surface area contributed by atoms with Gasteiger partial charge in [0.05, 0.1) is 6.17 Å². The molecule has 0 radical (unpaired) electrons. The SMILES string of the molecule is Cc1c(C(N)=O)cccc1C1C2CCN(CC2)C1N. The highest BCUT2D eigenvalue weighted by Gasteiger charge is 2.41. The number of rotatable bonds is 2. The van der Waals surface area contributed by atoms with Crippen LogP contribution in [0.3, 0.4) is 0 Å². The fraction of sp³-hybridized carbons (Fsp3) is 0.533. The maximum atomic E-state index is 11.5. The van der Waals surface area contributed by atoms with Crippen LogP contribution in [0.5, 0.6) is 0 Å². The molecule has 1 aromatic rings. The van der Waals surface area contributed by atoms with Crippen LogP contribution in [0.2, 0.25) is 0 Å². The van der Waals surface area contributed by atoms with Crippen molar-refractivity contribution in [1.29, 1.82) is 0 Å². The maximum Gasteiger partial charge on any atom is 0.248 e. The molecular weight excluding hydrogens is 238 g/mol. The standard InChI is InChI=1S/C15H21N3O/c1-9-11(3-2-4-12(9)15(17)19)13-10-5-7-18(8-6-10)14(13)16/h2-4,10,13-14H,5-8,16H2,1H3,(H2,17,19). The summed E-state index contributed by atoms with van der Waals surface area (Å²) in [7, 11) is 0. The number of hydrogen-bond donors (Lipinski definition) is 2. The minimum atomic E-state index is -0.353. The third kappa shape index (κ3) is 1.95. The number of carbonyl (C=O) groups excluding carboxylic acids is 1. The summed E-state index contributed by atoms with van der Waals surface area (Å²) < 4.78 is 0. The van der Waals surface area contributed by atoms with Crippen LogP contribution in [0.4, 0.5) is 0 Å². The second-order valence-corrected chi connectivity index (χ2v) is 5.77. The van der Waals surface area contributed by atoms with Crippen molar-refractivity contribution in [2.45, 2.75) is 31.8 Å². The Hall–Kier alpha value is -1.39. The molecule has 3 aliphatic heterocycles. The van der Waals surface area contributed by atoms with Crippen molar-refractivity contribution in [1.82, 2.24) is 4.90 Å². The summed E-state index contributed by atoms with van der Waals surface area (Å²) >= 11 is 0. The van der Waals surface area contributed by atoms with E-state index in [2.05, 4.69) is 11.0 Å². The van der Waals surface area contributed by atoms with Crippen LogP contribution in [-0.4, -0.2) is 30.1 Å². The van der Waals surface area contributed by atoms with Crippen LogP contribution in [0.25, 0.3) is 0 Å². The Bertz CT molecular complexity index is 504. The molecule has 0 saturated carbocycles. The molecule has 2 unspecified atom stereocenters. The predicted molar refractivity (Wildman–Crippen MR) is 74.7 cm³/mol. The normalized spacial score (nSPS) is 33.4. The van der Waals surface area contributed by atoms with Gasteiger partial charge in [0, 0.05) is 11.5 Å². The zero-order valence-electron chi connectivity index (χ0n) is 11.3. The molecule has 1 aromatic carbocycles. The van der Waals surface area contributed by atoms with Gasteiger partial charge in [-0.15, -0.1) is 0 Å². The summed E-state index contributed by atoms with van der Waals surface area (Å²) in [5.41, 5.74) is 14.7. The Kier molecular flexibility index (Phi) is 3.07. The molecule has 2 bridgehead atoms. The van der Waals surface area contributed by atoms with Crippen LogP contribution >= 0.6 is 0 Å². The number of amides is 1. The third-order valence-electron chi connectivity index (χ3n) is 4.87. The number of carbonyl (C=O) groups is 1. The molecule has 102 valence electrons. The molecule has 0 aromatic heterocycles. The highest BCUT2D eigenvalue weighted by atomic mass is 16.1. The number of benzene rings is 1. The van der Waals surface area contributed by atoms with E-state index in [1.807, 2.05) is 13.0 Å². The average Bonchev–Trinajstić information content (AvgIpc) is 2.41. The van der Waals surface area contributed by atoms with Gasteiger partial charge in [0.1, 0.15) is 0 Å². The number of nitrogens with zero attached hydrogens (tertiary/aromatic N) is 1. The molecule has 4 rings (SSSR count). The van der Waals surface area contributed by atoms with Gasteiger partial charge in [0.25, 0.3) is 0 Å². The lowest BCUT2D eigenvalue weighted by molar-refractivity contribution is 0.0285. The summed E-state index contributed by atoms with van der Waals surface area (Å²) in [6, 6.07) is 5.83. The molecule has 4 N–H and O–H groups in total. The first kappa shape index (κ1) is 12.6. The van der Waals surface area contributed by atoms with Gasteiger partial charge in [0.2, 0.25) is 5.91 Å². The van der Waals surface area contributed by atoms with Crippen LogP contribution in [0.15, 0.2) is 18.2 Å². The molecule has 4 heteroatoms. The molecule has 1 amide bonds. The monoisotopic (exact) mass is 259 g/mol. The second kappa shape index (κ2) is 4.62. The van der Waals surface area contributed by atoms with Crippen LogP contribution in [0, 0.1) is 12.8 Å². The van der Waals surface area contributed by atoms with Crippen LogP contribution < -0.4 is 11.5 Å². The molecule has 3 fully saturated rings. The Labute approximate surface area is 113 Å². The minimum absolute atomic E-state index is 0.0781. The molecule has 19 heavy (non-hydrogen) atoms. The first-order valence-corrected chi connectivity index (χ1v) is 6.98. The lowest BCUT2D eigenvalue weighted by Crippen LogP contribution is -2.57. The predicted octanol–water partition coefficient (Wildman–Crippen LogP) is 1.19. The molecule has 4 nitrogen and oxygen atoms in total. The molecular formula is C15H21N3O. The summed E-state index contributed by atoms with van der Waals surface area (Å²) in [5.74, 6) is 0.623. The number of hydrogen-bond acceptors (Lipinski definition) is 3. The van der Waals surface area contributed by atoms with Crippen LogP contribution in [0.1, 0.15) is 40.2 Å². The van der Waals surface area contributed by atoms with E-state index in [1.54, 1.807) is 6.07 Å². The number of primary amides is 1. The van der Waals surface area contributed by atoms with Crippen molar-refractivity contribution >= 4 is 5.91 Å². The maximum absolute atomic E-state index is 11.5. The second-order valence-electron chi connectivity index (χ2n) is 5.77. The quantitative estimate of drug-likeness (QED) is 0.838. The van der Waals surface area contributed by atoms with E-state index >= 15 is 0 Å². The minimum Gasteiger partial charge on any atom is -0.366 e. The third-order valence-corrected chi connectivity index (χ3v) is 4.87. The highest BCUT2D eigenvalue weighted by Crippen LogP contribution is 2.42. The van der Waals surface area contributed by atoms with Crippen molar-refractivity contribution in [3.8, 4) is 0 Å². The zero-order valence-corrected chi connectivity index (χ0v) is 11.3. The van der Waals surface area contributed by atoms with Gasteiger partial charge in [0.15, 0.2) is 0 Å². The molecule has 3 heterocycles. The first-order valence-electron chi connectivity index (χ1n) is 6.98. The van der Waals surface area contributed by atoms with Gasteiger partial charge >= 0.3 is 0 Å². The van der Waals surface area contributed by atoms with Crippen molar-refractivity contribution in [3.63, 3.8) is 0 Å². The fourth-order valence-corrected chi connectivity index (χ4v) is 3.80. The van der Waals surface area contributed by atoms with E-state index in [-0.39, 0.29) is 12.1 Å². The van der Waals surface area contributed by atoms with E-state index in [0.29, 0.717) is 17.4 Å². The Morgan fingerprint density at radius 2 is 2.00 bits per heavy atom. The summed E-state index contributed by atoms with van der Waals surface area (Å²) in [6.45, 7) is 4.20. The van der Waals surface area contributed by atoms with Gasteiger partial charge in [-0.25, -0.2) is 0 Å². The van der Waals surface area contributed by atoms with Crippen molar-refractivity contribution < 1.29 is 4.79 Å². The highest BCUT2D eigenvalue weighted by molar-refractivity contribution is 5.94. The van der Waals surface area contributed by atoms with Crippen molar-refractivity contribution in [2.75, 3.05) is 13.1 Å². The molecule has 0 spiro atoms. The summed E-state index contributed by atoms with van der Waals surface area (Å²) in [5, 5.41) is 0. The van der Waals surface area contributed by atoms with Gasteiger partial charge in [-0.05, 0) is 56.0 Å². The smallest absolute Gasteiger partial charge is 0.248 e. The van der Waals surface area contributed by atoms with Gasteiger partial charge < -0.3 is 11.5 Å². The molecule has 3 saturated heterocycles. The van der Waals surface area contributed by atoms with E-state index in [4.69, 9.17) is 11.5 Å². The fourth-order valence-electron chi connectivity index (χ4n) is 3.80. The van der Waals surface area contributed by atoms with E-state index in [0.717, 1.165) is 18.7 Å². The Morgan fingerprint density at radius 3 is 2.58 bits per heavy atom. The van der Waals surface area contributed by atoms with E-state index in [9.17, 15) is 4.79 Å². The lowest BCUT2D eigenvalue weighted by Gasteiger charge is -2.50. The summed E-state index contributed by atoms with van der Waals surface area (Å²) in [6.07, 6.45) is 2.49. The molecule has 2 atom stereocenters. The van der Waals surface area contributed by atoms with E-state index < -0.39 is 0 Å². The van der Waals surface area contributed by atoms with Gasteiger partial charge in [-0.2, -0.15) is 0 Å². The van der Waals surface area contributed by atoms with Crippen LogP contribution in [-0.2, 0) is 0 Å².